The molecule has 1 saturated heterocycles. The van der Waals surface area contributed by atoms with Gasteiger partial charge in [0.2, 0.25) is 5.91 Å². The molecular weight excluding hydrogens is 362 g/mol. The molecule has 1 aromatic rings. The van der Waals surface area contributed by atoms with Gasteiger partial charge in [0.25, 0.3) is 10.8 Å². The van der Waals surface area contributed by atoms with Gasteiger partial charge in [-0.1, -0.05) is 18.7 Å². The highest BCUT2D eigenvalue weighted by atomic mass is 32.2. The summed E-state index contributed by atoms with van der Waals surface area (Å²) in [4.78, 5) is 53.7. The third-order valence-electron chi connectivity index (χ3n) is 3.92. The molecule has 11 heteroatoms. The maximum atomic E-state index is 12.8. The quantitative estimate of drug-likeness (QED) is 0.627. The van der Waals surface area contributed by atoms with E-state index < -0.39 is 17.2 Å². The number of ether oxygens (including phenoxy) is 1. The minimum absolute atomic E-state index is 0.0715. The third kappa shape index (κ3) is 4.28. The van der Waals surface area contributed by atoms with Crippen molar-refractivity contribution >= 4 is 34.4 Å². The number of hydrogen-bond donors (Lipinski definition) is 2. The lowest BCUT2D eigenvalue weighted by atomic mass is 10.3. The van der Waals surface area contributed by atoms with Crippen LogP contribution in [0.2, 0.25) is 0 Å². The number of methoxy groups -OCH3 is 1. The molecule has 1 fully saturated rings. The molecule has 0 spiro atoms. The van der Waals surface area contributed by atoms with Crippen molar-refractivity contribution in [2.75, 3.05) is 49.7 Å². The van der Waals surface area contributed by atoms with Gasteiger partial charge in [-0.05, 0) is 6.42 Å². The Morgan fingerprint density at radius 1 is 1.38 bits per heavy atom. The van der Waals surface area contributed by atoms with Gasteiger partial charge < -0.3 is 20.3 Å². The molecule has 2 rings (SSSR count). The molecule has 2 amide bonds. The van der Waals surface area contributed by atoms with E-state index in [2.05, 4.69) is 4.98 Å². The number of thioether (sulfide) groups is 1. The van der Waals surface area contributed by atoms with E-state index in [4.69, 9.17) is 10.5 Å². The maximum absolute atomic E-state index is 12.8. The van der Waals surface area contributed by atoms with Crippen LogP contribution in [-0.2, 0) is 16.1 Å². The lowest BCUT2D eigenvalue weighted by Gasteiger charge is -2.26. The molecule has 1 aromatic heterocycles. The summed E-state index contributed by atoms with van der Waals surface area (Å²) in [5.74, 6) is 0.0813. The molecule has 2 heterocycles. The summed E-state index contributed by atoms with van der Waals surface area (Å²) in [6.45, 7) is 2.71. The number of aromatic amines is 1. The Morgan fingerprint density at radius 3 is 2.69 bits per heavy atom. The number of nitrogens with zero attached hydrogens (tertiary/aromatic N) is 3. The van der Waals surface area contributed by atoms with E-state index in [1.165, 1.54) is 21.5 Å². The summed E-state index contributed by atoms with van der Waals surface area (Å²) < 4.78 is 6.24. The number of H-pyrrole nitrogens is 1. The second-order valence-corrected chi connectivity index (χ2v) is 6.77. The zero-order valence-corrected chi connectivity index (χ0v) is 15.6. The predicted molar refractivity (Wildman–Crippen MR) is 99.7 cm³/mol. The van der Waals surface area contributed by atoms with Gasteiger partial charge in [-0.25, -0.2) is 4.79 Å². The second-order valence-electron chi connectivity index (χ2n) is 5.72. The van der Waals surface area contributed by atoms with Crippen LogP contribution in [0.1, 0.15) is 13.3 Å². The monoisotopic (exact) mass is 385 g/mol. The van der Waals surface area contributed by atoms with Gasteiger partial charge in [0.15, 0.2) is 5.69 Å². The minimum atomic E-state index is -0.744. The zero-order chi connectivity index (χ0) is 19.3. The number of rotatable bonds is 8. The normalized spacial score (nSPS) is 14.1. The average molecular weight is 385 g/mol. The van der Waals surface area contributed by atoms with Crippen LogP contribution in [0.4, 0.5) is 16.3 Å². The molecule has 26 heavy (non-hydrogen) atoms. The Labute approximate surface area is 154 Å². The fraction of sp³-hybridized carbons (Fsp3) is 0.600. The van der Waals surface area contributed by atoms with Gasteiger partial charge in [-0.3, -0.25) is 23.9 Å². The summed E-state index contributed by atoms with van der Waals surface area (Å²) in [7, 11) is 1.47. The number of nitrogens with one attached hydrogen (secondary N) is 1. The van der Waals surface area contributed by atoms with E-state index in [1.807, 2.05) is 6.92 Å². The van der Waals surface area contributed by atoms with Crippen molar-refractivity contribution in [3.8, 4) is 0 Å². The highest BCUT2D eigenvalue weighted by Gasteiger charge is 2.29. The van der Waals surface area contributed by atoms with Crippen LogP contribution in [0.5, 0.6) is 0 Å². The number of amides is 2. The van der Waals surface area contributed by atoms with Gasteiger partial charge in [0.05, 0.1) is 6.61 Å². The molecule has 0 aliphatic carbocycles. The van der Waals surface area contributed by atoms with Crippen LogP contribution in [0.15, 0.2) is 9.59 Å². The standard InChI is InChI=1S/C15H23N5O5S/c1-3-4-20-12(16)11(13(22)17-14(20)23)19(5-7-25-2)10(21)9-18-6-8-26-15(18)24/h3-9,16H2,1-2H3,(H,17,22,23). The first kappa shape index (κ1) is 20.0. The topological polar surface area (TPSA) is 131 Å². The molecule has 0 radical (unpaired) electrons. The highest BCUT2D eigenvalue weighted by Crippen LogP contribution is 2.20. The van der Waals surface area contributed by atoms with Crippen LogP contribution >= 0.6 is 11.8 Å². The van der Waals surface area contributed by atoms with Crippen molar-refractivity contribution in [2.45, 2.75) is 19.9 Å². The summed E-state index contributed by atoms with van der Waals surface area (Å²) in [6.07, 6.45) is 0.626. The van der Waals surface area contributed by atoms with Gasteiger partial charge in [0, 0.05) is 32.5 Å². The molecule has 0 bridgehead atoms. The number of aromatic nitrogens is 2. The van der Waals surface area contributed by atoms with Crippen LogP contribution in [-0.4, -0.2) is 64.7 Å². The largest absolute Gasteiger partial charge is 0.383 e. The second kappa shape index (κ2) is 8.90. The number of carbonyl (C=O) groups is 2. The molecule has 0 unspecified atom stereocenters. The van der Waals surface area contributed by atoms with E-state index in [0.29, 0.717) is 25.3 Å². The molecule has 3 N–H and O–H groups in total. The lowest BCUT2D eigenvalue weighted by Crippen LogP contribution is -2.46. The molecule has 144 valence electrons. The Morgan fingerprint density at radius 2 is 2.12 bits per heavy atom. The summed E-state index contributed by atoms with van der Waals surface area (Å²) in [5, 5.41) is -0.178. The lowest BCUT2D eigenvalue weighted by molar-refractivity contribution is -0.119. The Hall–Kier alpha value is -2.27. The Balaban J connectivity index is 2.41. The number of hydrogen-bond acceptors (Lipinski definition) is 7. The van der Waals surface area contributed by atoms with E-state index in [9.17, 15) is 19.2 Å². The third-order valence-corrected chi connectivity index (χ3v) is 4.81. The van der Waals surface area contributed by atoms with Crippen molar-refractivity contribution in [2.24, 2.45) is 0 Å². The first-order valence-electron chi connectivity index (χ1n) is 8.24. The van der Waals surface area contributed by atoms with Crippen LogP contribution < -0.4 is 21.9 Å². The zero-order valence-electron chi connectivity index (χ0n) is 14.8. The van der Waals surface area contributed by atoms with Gasteiger partial charge in [0.1, 0.15) is 12.4 Å². The van der Waals surface area contributed by atoms with E-state index in [1.54, 1.807) is 0 Å². The highest BCUT2D eigenvalue weighted by molar-refractivity contribution is 8.13. The maximum Gasteiger partial charge on any atom is 0.330 e. The molecule has 0 saturated carbocycles. The number of anilines is 2. The first-order chi connectivity index (χ1) is 12.4. The van der Waals surface area contributed by atoms with E-state index in [0.717, 1.165) is 11.8 Å². The minimum Gasteiger partial charge on any atom is -0.383 e. The van der Waals surface area contributed by atoms with Gasteiger partial charge >= 0.3 is 5.69 Å². The number of nitrogen functional groups attached to an aromatic ring is 1. The molecule has 1 aliphatic heterocycles. The molecule has 1 aliphatic rings. The molecule has 0 atom stereocenters. The Bertz CT molecular complexity index is 790. The van der Waals surface area contributed by atoms with Crippen molar-refractivity contribution in [1.29, 1.82) is 0 Å². The van der Waals surface area contributed by atoms with E-state index in [-0.39, 0.29) is 36.4 Å². The molecule has 10 nitrogen and oxygen atoms in total. The fourth-order valence-corrected chi connectivity index (χ4v) is 3.47. The van der Waals surface area contributed by atoms with Crippen molar-refractivity contribution in [3.05, 3.63) is 20.8 Å². The number of carbonyl (C=O) groups excluding carboxylic acids is 2. The van der Waals surface area contributed by atoms with Gasteiger partial charge in [-0.15, -0.1) is 0 Å². The van der Waals surface area contributed by atoms with Crippen molar-refractivity contribution in [1.82, 2.24) is 14.5 Å². The number of nitrogens with two attached hydrogens (primary N) is 1. The van der Waals surface area contributed by atoms with Crippen LogP contribution in [0.25, 0.3) is 0 Å². The summed E-state index contributed by atoms with van der Waals surface area (Å²) in [5.41, 5.74) is 4.58. The summed E-state index contributed by atoms with van der Waals surface area (Å²) in [6, 6.07) is 0. The van der Waals surface area contributed by atoms with Gasteiger partial charge in [-0.2, -0.15) is 0 Å². The van der Waals surface area contributed by atoms with E-state index >= 15 is 0 Å². The SMILES string of the molecule is CCCn1c(N)c(N(CCOC)C(=O)CN2CCSC2=O)c(=O)[nH]c1=O. The van der Waals surface area contributed by atoms with Crippen molar-refractivity contribution < 1.29 is 14.3 Å². The molecule has 0 aromatic carbocycles. The Kier molecular flexibility index (Phi) is 6.86. The smallest absolute Gasteiger partial charge is 0.330 e. The van der Waals surface area contributed by atoms with Crippen LogP contribution in [0.3, 0.4) is 0 Å². The summed E-state index contributed by atoms with van der Waals surface area (Å²) >= 11 is 1.14. The van der Waals surface area contributed by atoms with Crippen LogP contribution in [0, 0.1) is 0 Å². The predicted octanol–water partition coefficient (Wildman–Crippen LogP) is -0.323. The average Bonchev–Trinajstić information content (AvgIpc) is 2.99. The molecular formula is C15H23N5O5S. The van der Waals surface area contributed by atoms with Crippen molar-refractivity contribution in [3.63, 3.8) is 0 Å². The fourth-order valence-electron chi connectivity index (χ4n) is 2.65. The first-order valence-corrected chi connectivity index (χ1v) is 9.22.